The fourth-order valence-corrected chi connectivity index (χ4v) is 5.38. The quantitative estimate of drug-likeness (QED) is 0.515. The molecule has 3 heterocycles. The van der Waals surface area contributed by atoms with E-state index in [0.29, 0.717) is 0 Å². The summed E-state index contributed by atoms with van der Waals surface area (Å²) in [6.07, 6.45) is 16.9. The number of aromatic nitrogens is 1. The van der Waals surface area contributed by atoms with E-state index in [-0.39, 0.29) is 0 Å². The average molecular weight is 444 g/mol. The van der Waals surface area contributed by atoms with E-state index in [1.54, 1.807) is 0 Å². The summed E-state index contributed by atoms with van der Waals surface area (Å²) in [7, 11) is 0. The summed E-state index contributed by atoms with van der Waals surface area (Å²) in [4.78, 5) is 11.9. The standard InChI is InChI=1S/C28H30ClN3/c1-20-15-21(18-30-17-20)19-32-13-10-22(11-14-32)27-26-9-8-25(29)16-24(26)7-4-6-23-5-2-3-12-31-28(23)27/h3,5,8-9,12,15-18H,2,4,6-7,10-11,13-14,19H2,1H3. The van der Waals surface area contributed by atoms with Crippen molar-refractivity contribution < 1.29 is 0 Å². The van der Waals surface area contributed by atoms with Gasteiger partial charge in [0.25, 0.3) is 0 Å². The van der Waals surface area contributed by atoms with Crippen molar-refractivity contribution in [2.45, 2.75) is 52.0 Å². The lowest BCUT2D eigenvalue weighted by Crippen LogP contribution is -2.31. The van der Waals surface area contributed by atoms with Crippen LogP contribution in [0.25, 0.3) is 5.57 Å². The Morgan fingerprint density at radius 3 is 2.75 bits per heavy atom. The predicted molar refractivity (Wildman–Crippen MR) is 134 cm³/mol. The molecule has 0 radical (unpaired) electrons. The summed E-state index contributed by atoms with van der Waals surface area (Å²) < 4.78 is 0. The van der Waals surface area contributed by atoms with Crippen molar-refractivity contribution in [2.75, 3.05) is 13.1 Å². The number of aliphatic imine (C=N–C) groups is 1. The van der Waals surface area contributed by atoms with Crippen molar-refractivity contribution in [3.8, 4) is 0 Å². The van der Waals surface area contributed by atoms with E-state index in [1.807, 2.05) is 24.7 Å². The van der Waals surface area contributed by atoms with Crippen LogP contribution in [0.5, 0.6) is 0 Å². The molecule has 0 N–H and O–H groups in total. The number of allylic oxidation sites excluding steroid dienone is 4. The van der Waals surface area contributed by atoms with Crippen molar-refractivity contribution >= 4 is 22.9 Å². The molecule has 1 fully saturated rings. The number of benzene rings is 1. The summed E-state index contributed by atoms with van der Waals surface area (Å²) in [5.41, 5.74) is 10.7. The molecule has 2 aliphatic heterocycles. The second-order valence-corrected chi connectivity index (χ2v) is 9.54. The van der Waals surface area contributed by atoms with Crippen LogP contribution in [0.2, 0.25) is 5.02 Å². The van der Waals surface area contributed by atoms with Crippen molar-refractivity contribution in [1.29, 1.82) is 0 Å². The topological polar surface area (TPSA) is 28.5 Å². The van der Waals surface area contributed by atoms with E-state index >= 15 is 0 Å². The van der Waals surface area contributed by atoms with E-state index in [0.717, 1.165) is 63.2 Å². The zero-order valence-corrected chi connectivity index (χ0v) is 19.5. The van der Waals surface area contributed by atoms with Crippen LogP contribution in [0, 0.1) is 6.92 Å². The Morgan fingerprint density at radius 2 is 1.91 bits per heavy atom. The van der Waals surface area contributed by atoms with Gasteiger partial charge in [0.2, 0.25) is 0 Å². The molecule has 164 valence electrons. The van der Waals surface area contributed by atoms with Gasteiger partial charge in [0.05, 0.1) is 5.71 Å². The minimum atomic E-state index is 0.828. The van der Waals surface area contributed by atoms with E-state index in [2.05, 4.69) is 47.2 Å². The molecule has 1 aliphatic carbocycles. The Kier molecular flexibility index (Phi) is 6.38. The minimum absolute atomic E-state index is 0.828. The lowest BCUT2D eigenvalue weighted by molar-refractivity contribution is 0.248. The van der Waals surface area contributed by atoms with Crippen LogP contribution in [0.3, 0.4) is 0 Å². The van der Waals surface area contributed by atoms with Gasteiger partial charge < -0.3 is 0 Å². The highest BCUT2D eigenvalue weighted by Gasteiger charge is 2.26. The van der Waals surface area contributed by atoms with E-state index in [9.17, 15) is 0 Å². The molecule has 3 aliphatic rings. The highest BCUT2D eigenvalue weighted by Crippen LogP contribution is 2.37. The van der Waals surface area contributed by atoms with Gasteiger partial charge in [0, 0.05) is 48.8 Å². The van der Waals surface area contributed by atoms with Crippen LogP contribution < -0.4 is 0 Å². The van der Waals surface area contributed by atoms with Gasteiger partial charge in [-0.05, 0) is 85.4 Å². The second-order valence-electron chi connectivity index (χ2n) is 9.11. The van der Waals surface area contributed by atoms with Gasteiger partial charge in [-0.25, -0.2) is 0 Å². The Bertz CT molecular complexity index is 1130. The van der Waals surface area contributed by atoms with Crippen LogP contribution in [-0.4, -0.2) is 28.7 Å². The monoisotopic (exact) mass is 443 g/mol. The number of piperidine rings is 1. The average Bonchev–Trinajstić information content (AvgIpc) is 3.00. The molecule has 0 bridgehead atoms. The molecule has 32 heavy (non-hydrogen) atoms. The lowest BCUT2D eigenvalue weighted by Gasteiger charge is -2.31. The summed E-state index contributed by atoms with van der Waals surface area (Å²) >= 11 is 6.39. The maximum Gasteiger partial charge on any atom is 0.0736 e. The molecule has 4 heteroatoms. The third-order valence-corrected chi connectivity index (χ3v) is 6.97. The maximum absolute atomic E-state index is 6.39. The van der Waals surface area contributed by atoms with Gasteiger partial charge in [-0.1, -0.05) is 41.5 Å². The first-order valence-corrected chi connectivity index (χ1v) is 12.1. The van der Waals surface area contributed by atoms with Crippen molar-refractivity contribution in [1.82, 2.24) is 9.88 Å². The van der Waals surface area contributed by atoms with Crippen molar-refractivity contribution in [3.05, 3.63) is 93.4 Å². The normalized spacial score (nSPS) is 19.3. The third kappa shape index (κ3) is 4.65. The summed E-state index contributed by atoms with van der Waals surface area (Å²) in [6, 6.07) is 8.68. The fourth-order valence-electron chi connectivity index (χ4n) is 5.18. The van der Waals surface area contributed by atoms with Crippen LogP contribution >= 0.6 is 11.6 Å². The Labute approximate surface area is 196 Å². The number of nitrogens with zero attached hydrogens (tertiary/aromatic N) is 3. The molecule has 0 spiro atoms. The first-order chi connectivity index (χ1) is 15.7. The van der Waals surface area contributed by atoms with E-state index in [1.165, 1.54) is 44.7 Å². The molecule has 0 atom stereocenters. The van der Waals surface area contributed by atoms with E-state index in [4.69, 9.17) is 16.6 Å². The number of rotatable bonds is 2. The van der Waals surface area contributed by atoms with Crippen molar-refractivity contribution in [3.63, 3.8) is 0 Å². The molecule has 0 unspecified atom stereocenters. The van der Waals surface area contributed by atoms with Crippen LogP contribution in [0.15, 0.2) is 71.1 Å². The van der Waals surface area contributed by atoms with Crippen molar-refractivity contribution in [2.24, 2.45) is 4.99 Å². The van der Waals surface area contributed by atoms with Gasteiger partial charge >= 0.3 is 0 Å². The molecular weight excluding hydrogens is 414 g/mol. The van der Waals surface area contributed by atoms with E-state index < -0.39 is 0 Å². The molecule has 1 saturated heterocycles. The highest BCUT2D eigenvalue weighted by atomic mass is 35.5. The number of halogens is 1. The van der Waals surface area contributed by atoms with Crippen LogP contribution in [0.4, 0.5) is 0 Å². The number of aryl methyl sites for hydroxylation is 2. The van der Waals surface area contributed by atoms with Gasteiger partial charge in [0.1, 0.15) is 0 Å². The zero-order valence-electron chi connectivity index (χ0n) is 18.8. The molecule has 2 aromatic rings. The highest BCUT2D eigenvalue weighted by molar-refractivity contribution is 6.34. The number of hydrogen-bond donors (Lipinski definition) is 0. The first-order valence-electron chi connectivity index (χ1n) is 11.7. The number of hydrogen-bond acceptors (Lipinski definition) is 3. The summed E-state index contributed by atoms with van der Waals surface area (Å²) in [5, 5.41) is 0.828. The van der Waals surface area contributed by atoms with Crippen LogP contribution in [0.1, 0.15) is 54.4 Å². The minimum Gasteiger partial charge on any atom is -0.298 e. The second kappa shape index (κ2) is 9.56. The molecule has 1 aromatic carbocycles. The molecule has 0 amide bonds. The fraction of sp³-hybridized carbons (Fsp3) is 0.357. The van der Waals surface area contributed by atoms with Gasteiger partial charge in [-0.15, -0.1) is 0 Å². The summed E-state index contributed by atoms with van der Waals surface area (Å²) in [5.74, 6) is 0. The smallest absolute Gasteiger partial charge is 0.0736 e. The van der Waals surface area contributed by atoms with Gasteiger partial charge in [-0.3, -0.25) is 14.9 Å². The SMILES string of the molecule is Cc1cncc(CN2CCC(=C3C4=NC=CCC=C4CCCc4cc(Cl)ccc43)CC2)c1. The maximum atomic E-state index is 6.39. The van der Waals surface area contributed by atoms with Crippen LogP contribution in [-0.2, 0) is 13.0 Å². The lowest BCUT2D eigenvalue weighted by atomic mass is 9.81. The first kappa shape index (κ1) is 21.4. The Hall–Kier alpha value is -2.49. The molecule has 5 rings (SSSR count). The third-order valence-electron chi connectivity index (χ3n) is 6.73. The molecule has 3 nitrogen and oxygen atoms in total. The summed E-state index contributed by atoms with van der Waals surface area (Å²) in [6.45, 7) is 5.22. The van der Waals surface area contributed by atoms with Gasteiger partial charge in [0.15, 0.2) is 0 Å². The molecule has 1 aromatic heterocycles. The largest absolute Gasteiger partial charge is 0.298 e. The Balaban J connectivity index is 1.49. The predicted octanol–water partition coefficient (Wildman–Crippen LogP) is 6.71. The number of likely N-dealkylation sites (tertiary alicyclic amines) is 1. The number of pyridine rings is 1. The molecule has 0 saturated carbocycles. The molecular formula is C28H30ClN3. The Morgan fingerprint density at radius 1 is 1.03 bits per heavy atom. The zero-order chi connectivity index (χ0) is 21.9. The number of fused-ring (bicyclic) bond motifs is 2. The van der Waals surface area contributed by atoms with Gasteiger partial charge in [-0.2, -0.15) is 0 Å².